The van der Waals surface area contributed by atoms with Gasteiger partial charge in [0.1, 0.15) is 0 Å². The van der Waals surface area contributed by atoms with Crippen LogP contribution in [0.3, 0.4) is 0 Å². The molecule has 3 atom stereocenters. The number of nitrogens with zero attached hydrogens (tertiary/aromatic N) is 1. The third-order valence-corrected chi connectivity index (χ3v) is 3.94. The van der Waals surface area contributed by atoms with Crippen LogP contribution < -0.4 is 5.73 Å². The van der Waals surface area contributed by atoms with Crippen molar-refractivity contribution in [3.05, 3.63) is 0 Å². The smallest absolute Gasteiger partial charge is 0.232 e. The number of hydrogen-bond acceptors (Lipinski definition) is 3. The van der Waals surface area contributed by atoms with Gasteiger partial charge in [0.2, 0.25) is 11.8 Å². The molecule has 2 amide bonds. The van der Waals surface area contributed by atoms with E-state index < -0.39 is 0 Å². The fourth-order valence-corrected chi connectivity index (χ4v) is 3.00. The molecule has 0 aromatic carbocycles. The SMILES string of the molecule is CCC(CCN)N1C(=O)C2CCC(C2)C1=O. The van der Waals surface area contributed by atoms with Crippen molar-refractivity contribution >= 4 is 11.8 Å². The molecule has 0 aromatic heterocycles. The second-order valence-electron chi connectivity index (χ2n) is 4.89. The lowest BCUT2D eigenvalue weighted by atomic mass is 9.94. The summed E-state index contributed by atoms with van der Waals surface area (Å²) in [4.78, 5) is 25.8. The number of amides is 2. The van der Waals surface area contributed by atoms with Crippen LogP contribution in [0.1, 0.15) is 39.0 Å². The molecule has 0 radical (unpaired) electrons. The monoisotopic (exact) mass is 224 g/mol. The Bertz CT molecular complexity index is 281. The predicted octanol–water partition coefficient (Wildman–Crippen LogP) is 0.899. The fraction of sp³-hybridized carbons (Fsp3) is 0.833. The molecule has 1 aliphatic heterocycles. The molecule has 0 spiro atoms. The lowest BCUT2D eigenvalue weighted by molar-refractivity contribution is -0.156. The van der Waals surface area contributed by atoms with Crippen LogP contribution in [-0.2, 0) is 9.59 Å². The summed E-state index contributed by atoms with van der Waals surface area (Å²) in [5, 5.41) is 0. The van der Waals surface area contributed by atoms with Gasteiger partial charge in [-0.1, -0.05) is 6.92 Å². The van der Waals surface area contributed by atoms with E-state index in [0.29, 0.717) is 6.54 Å². The van der Waals surface area contributed by atoms with E-state index in [1.807, 2.05) is 6.92 Å². The van der Waals surface area contributed by atoms with Crippen molar-refractivity contribution in [2.75, 3.05) is 6.54 Å². The Morgan fingerprint density at radius 2 is 1.88 bits per heavy atom. The maximum absolute atomic E-state index is 12.1. The minimum absolute atomic E-state index is 0.0217. The van der Waals surface area contributed by atoms with Crippen molar-refractivity contribution in [3.8, 4) is 0 Å². The van der Waals surface area contributed by atoms with Crippen LogP contribution >= 0.6 is 0 Å². The molecule has 2 fully saturated rings. The summed E-state index contributed by atoms with van der Waals surface area (Å²) in [6.07, 6.45) is 4.12. The number of fused-ring (bicyclic) bond motifs is 2. The molecule has 1 saturated carbocycles. The van der Waals surface area contributed by atoms with Gasteiger partial charge in [0.15, 0.2) is 0 Å². The first-order valence-electron chi connectivity index (χ1n) is 6.26. The first-order chi connectivity index (χ1) is 7.69. The molecule has 2 rings (SSSR count). The number of imide groups is 1. The van der Waals surface area contributed by atoms with Gasteiger partial charge in [0, 0.05) is 17.9 Å². The second-order valence-corrected chi connectivity index (χ2v) is 4.89. The molecule has 4 nitrogen and oxygen atoms in total. The highest BCUT2D eigenvalue weighted by molar-refractivity contribution is 6.01. The predicted molar refractivity (Wildman–Crippen MR) is 60.4 cm³/mol. The van der Waals surface area contributed by atoms with Crippen LogP contribution in [0.2, 0.25) is 0 Å². The van der Waals surface area contributed by atoms with Gasteiger partial charge in [-0.15, -0.1) is 0 Å². The number of hydrogen-bond donors (Lipinski definition) is 1. The van der Waals surface area contributed by atoms with Crippen LogP contribution in [0.4, 0.5) is 0 Å². The van der Waals surface area contributed by atoms with E-state index in [2.05, 4.69) is 0 Å². The normalized spacial score (nSPS) is 31.0. The van der Waals surface area contributed by atoms with Gasteiger partial charge in [-0.3, -0.25) is 14.5 Å². The zero-order chi connectivity index (χ0) is 11.7. The van der Waals surface area contributed by atoms with Crippen molar-refractivity contribution in [1.29, 1.82) is 0 Å². The Hall–Kier alpha value is -0.900. The van der Waals surface area contributed by atoms with Gasteiger partial charge in [0.25, 0.3) is 0 Å². The highest BCUT2D eigenvalue weighted by Gasteiger charge is 2.46. The molecule has 2 N–H and O–H groups in total. The molecule has 2 bridgehead atoms. The van der Waals surface area contributed by atoms with E-state index in [4.69, 9.17) is 5.73 Å². The summed E-state index contributed by atoms with van der Waals surface area (Å²) in [5.41, 5.74) is 5.54. The van der Waals surface area contributed by atoms with Crippen LogP contribution in [0.15, 0.2) is 0 Å². The molecule has 1 aliphatic carbocycles. The molecule has 1 saturated heterocycles. The van der Waals surface area contributed by atoms with Crippen LogP contribution in [0.5, 0.6) is 0 Å². The van der Waals surface area contributed by atoms with E-state index in [9.17, 15) is 9.59 Å². The highest BCUT2D eigenvalue weighted by Crippen LogP contribution is 2.39. The Morgan fingerprint density at radius 1 is 1.31 bits per heavy atom. The summed E-state index contributed by atoms with van der Waals surface area (Å²) >= 11 is 0. The third kappa shape index (κ3) is 1.75. The summed E-state index contributed by atoms with van der Waals surface area (Å²) in [6.45, 7) is 2.54. The van der Waals surface area contributed by atoms with Gasteiger partial charge in [-0.05, 0) is 38.6 Å². The Morgan fingerprint density at radius 3 is 2.31 bits per heavy atom. The second kappa shape index (κ2) is 4.53. The minimum Gasteiger partial charge on any atom is -0.330 e. The molecule has 1 heterocycles. The Labute approximate surface area is 96.2 Å². The summed E-state index contributed by atoms with van der Waals surface area (Å²) in [6, 6.07) is 0.0217. The first kappa shape index (κ1) is 11.6. The van der Waals surface area contributed by atoms with Crippen molar-refractivity contribution in [2.45, 2.75) is 45.1 Å². The van der Waals surface area contributed by atoms with Crippen LogP contribution in [0.25, 0.3) is 0 Å². The number of nitrogens with two attached hydrogens (primary N) is 1. The van der Waals surface area contributed by atoms with E-state index in [1.165, 1.54) is 4.90 Å². The lowest BCUT2D eigenvalue weighted by Gasteiger charge is -2.35. The minimum atomic E-state index is 0.0217. The number of likely N-dealkylation sites (tertiary alicyclic amines) is 1. The largest absolute Gasteiger partial charge is 0.330 e. The van der Waals surface area contributed by atoms with Crippen LogP contribution in [-0.4, -0.2) is 29.3 Å². The van der Waals surface area contributed by atoms with Crippen molar-refractivity contribution in [1.82, 2.24) is 4.90 Å². The summed E-state index contributed by atoms with van der Waals surface area (Å²) in [5.74, 6) is 0.321. The van der Waals surface area contributed by atoms with Crippen LogP contribution in [0, 0.1) is 11.8 Å². The molecule has 2 aliphatic rings. The van der Waals surface area contributed by atoms with Gasteiger partial charge >= 0.3 is 0 Å². The molecule has 90 valence electrons. The maximum Gasteiger partial charge on any atom is 0.232 e. The van der Waals surface area contributed by atoms with Gasteiger partial charge in [-0.2, -0.15) is 0 Å². The summed E-state index contributed by atoms with van der Waals surface area (Å²) in [7, 11) is 0. The quantitative estimate of drug-likeness (QED) is 0.722. The van der Waals surface area contributed by atoms with E-state index in [1.54, 1.807) is 0 Å². The topological polar surface area (TPSA) is 63.4 Å². The molecule has 3 unspecified atom stereocenters. The highest BCUT2D eigenvalue weighted by atomic mass is 16.2. The van der Waals surface area contributed by atoms with Gasteiger partial charge in [-0.25, -0.2) is 0 Å². The number of rotatable bonds is 4. The maximum atomic E-state index is 12.1. The number of carbonyl (C=O) groups is 2. The molecule has 16 heavy (non-hydrogen) atoms. The standard InChI is InChI=1S/C12H20N2O2/c1-2-10(5-6-13)14-11(15)8-3-4-9(7-8)12(14)16/h8-10H,2-7,13H2,1H3. The molecular weight excluding hydrogens is 204 g/mol. The van der Waals surface area contributed by atoms with Crippen molar-refractivity contribution in [3.63, 3.8) is 0 Å². The number of piperidine rings is 1. The van der Waals surface area contributed by atoms with E-state index in [0.717, 1.165) is 32.1 Å². The van der Waals surface area contributed by atoms with Crippen molar-refractivity contribution in [2.24, 2.45) is 17.6 Å². The third-order valence-electron chi connectivity index (χ3n) is 3.94. The van der Waals surface area contributed by atoms with Gasteiger partial charge in [0.05, 0.1) is 0 Å². The Kier molecular flexibility index (Phi) is 3.28. The Balaban J connectivity index is 2.18. The zero-order valence-corrected chi connectivity index (χ0v) is 9.82. The average molecular weight is 224 g/mol. The van der Waals surface area contributed by atoms with Gasteiger partial charge < -0.3 is 5.73 Å². The zero-order valence-electron chi connectivity index (χ0n) is 9.82. The van der Waals surface area contributed by atoms with E-state index >= 15 is 0 Å². The number of carbonyl (C=O) groups excluding carboxylic acids is 2. The molecule has 0 aromatic rings. The summed E-state index contributed by atoms with van der Waals surface area (Å²) < 4.78 is 0. The average Bonchev–Trinajstić information content (AvgIpc) is 2.72. The molecular formula is C12H20N2O2. The lowest BCUT2D eigenvalue weighted by Crippen LogP contribution is -2.51. The first-order valence-corrected chi connectivity index (χ1v) is 6.26. The molecule has 4 heteroatoms. The van der Waals surface area contributed by atoms with Crippen molar-refractivity contribution < 1.29 is 9.59 Å². The van der Waals surface area contributed by atoms with E-state index in [-0.39, 0.29) is 29.7 Å². The fourth-order valence-electron chi connectivity index (χ4n) is 3.00.